The number of pyridine rings is 1. The van der Waals surface area contributed by atoms with Gasteiger partial charge >= 0.3 is 5.97 Å². The van der Waals surface area contributed by atoms with Crippen LogP contribution in [0.1, 0.15) is 22.6 Å². The van der Waals surface area contributed by atoms with E-state index >= 15 is 0 Å². The standard InChI is InChI=1S/C19H20N2O3/c1-13-5-2-3-7-15(13)16-11-21(12-17(16)19(23)24)18(22)9-14-6-4-8-20-10-14/h2-8,10,16-17H,9,11-12H2,1H3,(H,23,24)/t16-,17+/m0/s1. The summed E-state index contributed by atoms with van der Waals surface area (Å²) in [6, 6.07) is 11.5. The quantitative estimate of drug-likeness (QED) is 0.936. The fourth-order valence-corrected chi connectivity index (χ4v) is 3.36. The van der Waals surface area contributed by atoms with Gasteiger partial charge in [0.25, 0.3) is 0 Å². The van der Waals surface area contributed by atoms with E-state index in [1.54, 1.807) is 23.4 Å². The molecular weight excluding hydrogens is 304 g/mol. The Bertz CT molecular complexity index is 745. The van der Waals surface area contributed by atoms with Crippen molar-refractivity contribution in [3.8, 4) is 0 Å². The van der Waals surface area contributed by atoms with Crippen LogP contribution in [0.4, 0.5) is 0 Å². The van der Waals surface area contributed by atoms with Gasteiger partial charge in [0.1, 0.15) is 0 Å². The van der Waals surface area contributed by atoms with Crippen LogP contribution in [-0.4, -0.2) is 40.0 Å². The molecule has 2 aromatic rings. The van der Waals surface area contributed by atoms with Gasteiger partial charge in [-0.2, -0.15) is 0 Å². The first-order valence-electron chi connectivity index (χ1n) is 8.01. The van der Waals surface area contributed by atoms with E-state index in [4.69, 9.17) is 0 Å². The maximum atomic E-state index is 12.5. The normalized spacial score (nSPS) is 20.1. The van der Waals surface area contributed by atoms with E-state index in [0.29, 0.717) is 6.54 Å². The second-order valence-corrected chi connectivity index (χ2v) is 6.24. The van der Waals surface area contributed by atoms with Crippen LogP contribution in [0, 0.1) is 12.8 Å². The molecule has 0 aliphatic carbocycles. The highest BCUT2D eigenvalue weighted by molar-refractivity contribution is 5.81. The summed E-state index contributed by atoms with van der Waals surface area (Å²) in [5.41, 5.74) is 2.92. The van der Waals surface area contributed by atoms with E-state index in [1.165, 1.54) is 0 Å². The second kappa shape index (κ2) is 6.83. The van der Waals surface area contributed by atoms with Crippen molar-refractivity contribution in [3.05, 3.63) is 65.5 Å². The highest BCUT2D eigenvalue weighted by Crippen LogP contribution is 2.34. The van der Waals surface area contributed by atoms with Crippen molar-refractivity contribution < 1.29 is 14.7 Å². The summed E-state index contributed by atoms with van der Waals surface area (Å²) in [4.78, 5) is 29.9. The van der Waals surface area contributed by atoms with Gasteiger partial charge in [-0.05, 0) is 29.7 Å². The molecule has 124 valence electrons. The minimum atomic E-state index is -0.847. The number of aliphatic carboxylic acids is 1. The molecule has 1 fully saturated rings. The van der Waals surface area contributed by atoms with Crippen LogP contribution < -0.4 is 0 Å². The van der Waals surface area contributed by atoms with E-state index in [9.17, 15) is 14.7 Å². The fourth-order valence-electron chi connectivity index (χ4n) is 3.36. The van der Waals surface area contributed by atoms with Gasteiger partial charge in [-0.1, -0.05) is 30.3 Å². The summed E-state index contributed by atoms with van der Waals surface area (Å²) >= 11 is 0. The zero-order chi connectivity index (χ0) is 17.1. The maximum Gasteiger partial charge on any atom is 0.308 e. The third-order valence-corrected chi connectivity index (χ3v) is 4.66. The van der Waals surface area contributed by atoms with Crippen molar-refractivity contribution in [2.45, 2.75) is 19.3 Å². The van der Waals surface area contributed by atoms with Crippen molar-refractivity contribution in [2.24, 2.45) is 5.92 Å². The molecule has 3 rings (SSSR count). The molecule has 1 aromatic carbocycles. The number of aryl methyl sites for hydroxylation is 1. The Balaban J connectivity index is 1.79. The number of benzene rings is 1. The number of amides is 1. The zero-order valence-electron chi connectivity index (χ0n) is 13.6. The second-order valence-electron chi connectivity index (χ2n) is 6.24. The van der Waals surface area contributed by atoms with Crippen LogP contribution >= 0.6 is 0 Å². The number of nitrogens with zero attached hydrogens (tertiary/aromatic N) is 2. The summed E-state index contributed by atoms with van der Waals surface area (Å²) in [6.45, 7) is 2.68. The van der Waals surface area contributed by atoms with E-state index in [1.807, 2.05) is 37.3 Å². The molecule has 2 atom stereocenters. The summed E-state index contributed by atoms with van der Waals surface area (Å²) in [5, 5.41) is 9.58. The first kappa shape index (κ1) is 16.2. The molecular formula is C19H20N2O3. The molecule has 0 saturated carbocycles. The third kappa shape index (κ3) is 3.30. The molecule has 0 bridgehead atoms. The molecule has 1 aliphatic rings. The van der Waals surface area contributed by atoms with E-state index in [2.05, 4.69) is 4.98 Å². The lowest BCUT2D eigenvalue weighted by Gasteiger charge is -2.18. The highest BCUT2D eigenvalue weighted by Gasteiger charge is 2.40. The van der Waals surface area contributed by atoms with Gasteiger partial charge in [0.05, 0.1) is 12.3 Å². The molecule has 1 amide bonds. The number of aromatic nitrogens is 1. The van der Waals surface area contributed by atoms with Gasteiger partial charge in [0, 0.05) is 31.4 Å². The molecule has 0 radical (unpaired) electrons. The minimum Gasteiger partial charge on any atom is -0.481 e. The number of hydrogen-bond donors (Lipinski definition) is 1. The average molecular weight is 324 g/mol. The predicted octanol–water partition coefficient (Wildman–Crippen LogP) is 2.26. The molecule has 5 nitrogen and oxygen atoms in total. The van der Waals surface area contributed by atoms with Crippen LogP contribution in [0.3, 0.4) is 0 Å². The van der Waals surface area contributed by atoms with Crippen LogP contribution in [0.2, 0.25) is 0 Å². The van der Waals surface area contributed by atoms with Crippen LogP contribution in [0.25, 0.3) is 0 Å². The van der Waals surface area contributed by atoms with Crippen LogP contribution in [-0.2, 0) is 16.0 Å². The van der Waals surface area contributed by atoms with E-state index in [-0.39, 0.29) is 24.8 Å². The van der Waals surface area contributed by atoms with Gasteiger partial charge in [0.15, 0.2) is 0 Å². The molecule has 1 saturated heterocycles. The number of rotatable bonds is 4. The summed E-state index contributed by atoms with van der Waals surface area (Å²) in [6.07, 6.45) is 3.58. The Kier molecular flexibility index (Phi) is 4.60. The Labute approximate surface area is 140 Å². The maximum absolute atomic E-state index is 12.5. The average Bonchev–Trinajstić information content (AvgIpc) is 3.02. The summed E-state index contributed by atoms with van der Waals surface area (Å²) in [7, 11) is 0. The lowest BCUT2D eigenvalue weighted by molar-refractivity contribution is -0.141. The molecule has 24 heavy (non-hydrogen) atoms. The van der Waals surface area contributed by atoms with Gasteiger partial charge in [-0.25, -0.2) is 0 Å². The van der Waals surface area contributed by atoms with Crippen molar-refractivity contribution in [2.75, 3.05) is 13.1 Å². The number of carboxylic acid groups (broad SMARTS) is 1. The molecule has 0 spiro atoms. The molecule has 5 heteroatoms. The van der Waals surface area contributed by atoms with Crippen molar-refractivity contribution in [3.63, 3.8) is 0 Å². The first-order chi connectivity index (χ1) is 11.6. The molecule has 1 N–H and O–H groups in total. The SMILES string of the molecule is Cc1ccccc1[C@@H]1CN(C(=O)Cc2cccnc2)C[C@H]1C(=O)O. The van der Waals surface area contributed by atoms with Crippen LogP contribution in [0.5, 0.6) is 0 Å². The molecule has 1 aromatic heterocycles. The number of carboxylic acids is 1. The Morgan fingerprint density at radius 1 is 1.21 bits per heavy atom. The van der Waals surface area contributed by atoms with E-state index < -0.39 is 11.9 Å². The molecule has 1 aliphatic heterocycles. The van der Waals surface area contributed by atoms with Crippen LogP contribution in [0.15, 0.2) is 48.8 Å². The lowest BCUT2D eigenvalue weighted by atomic mass is 9.86. The monoisotopic (exact) mass is 324 g/mol. The number of likely N-dealkylation sites (tertiary alicyclic amines) is 1. The van der Waals surface area contributed by atoms with Gasteiger partial charge in [-0.15, -0.1) is 0 Å². The number of carbonyl (C=O) groups excluding carboxylic acids is 1. The smallest absolute Gasteiger partial charge is 0.308 e. The number of hydrogen-bond acceptors (Lipinski definition) is 3. The van der Waals surface area contributed by atoms with Gasteiger partial charge < -0.3 is 10.0 Å². The van der Waals surface area contributed by atoms with Crippen molar-refractivity contribution in [1.29, 1.82) is 0 Å². The van der Waals surface area contributed by atoms with Gasteiger partial charge in [0.2, 0.25) is 5.91 Å². The molecule has 2 heterocycles. The third-order valence-electron chi connectivity index (χ3n) is 4.66. The molecule has 0 unspecified atom stereocenters. The fraction of sp³-hybridized carbons (Fsp3) is 0.316. The van der Waals surface area contributed by atoms with Crippen molar-refractivity contribution >= 4 is 11.9 Å². The lowest BCUT2D eigenvalue weighted by Crippen LogP contribution is -2.31. The largest absolute Gasteiger partial charge is 0.481 e. The summed E-state index contributed by atoms with van der Waals surface area (Å²) in [5.74, 6) is -1.63. The Morgan fingerprint density at radius 2 is 2.00 bits per heavy atom. The van der Waals surface area contributed by atoms with E-state index in [0.717, 1.165) is 16.7 Å². The Morgan fingerprint density at radius 3 is 2.67 bits per heavy atom. The first-order valence-corrected chi connectivity index (χ1v) is 8.01. The van der Waals surface area contributed by atoms with Gasteiger partial charge in [-0.3, -0.25) is 14.6 Å². The topological polar surface area (TPSA) is 70.5 Å². The number of carbonyl (C=O) groups is 2. The van der Waals surface area contributed by atoms with Crippen molar-refractivity contribution in [1.82, 2.24) is 9.88 Å². The Hall–Kier alpha value is -2.69. The minimum absolute atomic E-state index is 0.0506. The zero-order valence-corrected chi connectivity index (χ0v) is 13.6. The highest BCUT2D eigenvalue weighted by atomic mass is 16.4. The predicted molar refractivity (Wildman–Crippen MR) is 89.6 cm³/mol. The summed E-state index contributed by atoms with van der Waals surface area (Å²) < 4.78 is 0.